The third-order valence-corrected chi connectivity index (χ3v) is 7.33. The molecule has 1 aliphatic rings. The molecule has 0 atom stereocenters. The summed E-state index contributed by atoms with van der Waals surface area (Å²) in [4.78, 5) is 39.8. The molecule has 224 valence electrons. The molecule has 1 aliphatic heterocycles. The molecule has 0 saturated carbocycles. The predicted octanol–water partition coefficient (Wildman–Crippen LogP) is 5.31. The zero-order chi connectivity index (χ0) is 30.9. The quantitative estimate of drug-likeness (QED) is 0.140. The monoisotopic (exact) mass is 611 g/mol. The highest BCUT2D eigenvalue weighted by molar-refractivity contribution is 8.00. The molecule has 0 aromatic heterocycles. The van der Waals surface area contributed by atoms with E-state index < -0.39 is 11.8 Å². The second kappa shape index (κ2) is 14.2. The minimum atomic E-state index is -0.581. The van der Waals surface area contributed by atoms with E-state index in [-0.39, 0.29) is 23.1 Å². The second-order valence-electron chi connectivity index (χ2n) is 9.48. The van der Waals surface area contributed by atoms with Crippen molar-refractivity contribution in [3.63, 3.8) is 0 Å². The van der Waals surface area contributed by atoms with Crippen molar-refractivity contribution in [1.82, 2.24) is 5.32 Å². The fraction of sp³-hybridized carbons (Fsp3) is 0.121. The molecule has 0 unspecified atom stereocenters. The standard InChI is InChI=1S/C33H29N3O7S/c1-41-29-19-25(37)12-10-22(29)16-27(36-32(39)21-6-3-2-4-7-21)33(40)35-23-8-5-9-26(17-23)44-20-31(38)34-24-11-13-28-30(18-24)43-15-14-42-28/h2-13,16-19,37H,14-15,20H2,1H3,(H,34,38)(H,35,40)(H,36,39)/b27-16+. The Labute approximate surface area is 258 Å². The average Bonchev–Trinajstić information content (AvgIpc) is 3.04. The van der Waals surface area contributed by atoms with Crippen LogP contribution in [-0.4, -0.2) is 48.9 Å². The Morgan fingerprint density at radius 3 is 2.43 bits per heavy atom. The lowest BCUT2D eigenvalue weighted by Gasteiger charge is -2.19. The highest BCUT2D eigenvalue weighted by atomic mass is 32.2. The van der Waals surface area contributed by atoms with Crippen molar-refractivity contribution in [1.29, 1.82) is 0 Å². The summed E-state index contributed by atoms with van der Waals surface area (Å²) in [6.07, 6.45) is 1.47. The average molecular weight is 612 g/mol. The van der Waals surface area contributed by atoms with E-state index in [4.69, 9.17) is 14.2 Å². The Morgan fingerprint density at radius 1 is 0.864 bits per heavy atom. The molecule has 11 heteroatoms. The molecule has 0 saturated heterocycles. The van der Waals surface area contributed by atoms with Crippen LogP contribution in [0.5, 0.6) is 23.0 Å². The summed E-state index contributed by atoms with van der Waals surface area (Å²) in [5.74, 6) is 0.401. The molecule has 44 heavy (non-hydrogen) atoms. The van der Waals surface area contributed by atoms with E-state index in [2.05, 4.69) is 16.0 Å². The van der Waals surface area contributed by atoms with Crippen LogP contribution in [0.1, 0.15) is 15.9 Å². The van der Waals surface area contributed by atoms with Crippen LogP contribution in [0.3, 0.4) is 0 Å². The van der Waals surface area contributed by atoms with Crippen LogP contribution in [0.4, 0.5) is 11.4 Å². The number of rotatable bonds is 10. The molecule has 4 aromatic carbocycles. The first-order chi connectivity index (χ1) is 21.4. The number of fused-ring (bicyclic) bond motifs is 1. The lowest BCUT2D eigenvalue weighted by Crippen LogP contribution is -2.30. The number of nitrogens with one attached hydrogen (secondary N) is 3. The van der Waals surface area contributed by atoms with E-state index in [9.17, 15) is 19.5 Å². The maximum Gasteiger partial charge on any atom is 0.272 e. The first-order valence-electron chi connectivity index (χ1n) is 13.6. The van der Waals surface area contributed by atoms with E-state index >= 15 is 0 Å². The van der Waals surface area contributed by atoms with Gasteiger partial charge in [-0.1, -0.05) is 24.3 Å². The Bertz CT molecular complexity index is 1710. The van der Waals surface area contributed by atoms with E-state index in [0.29, 0.717) is 53.0 Å². The molecule has 0 fully saturated rings. The van der Waals surface area contributed by atoms with Crippen LogP contribution < -0.4 is 30.2 Å². The van der Waals surface area contributed by atoms with Gasteiger partial charge < -0.3 is 35.3 Å². The van der Waals surface area contributed by atoms with Gasteiger partial charge in [-0.2, -0.15) is 0 Å². The van der Waals surface area contributed by atoms with E-state index in [0.717, 1.165) is 4.90 Å². The predicted molar refractivity (Wildman–Crippen MR) is 168 cm³/mol. The normalized spacial score (nSPS) is 12.2. The topological polar surface area (TPSA) is 135 Å². The Balaban J connectivity index is 1.27. The number of phenolic OH excluding ortho intramolecular Hbond substituents is 1. The number of aromatic hydroxyl groups is 1. The van der Waals surface area contributed by atoms with Gasteiger partial charge in [0.2, 0.25) is 5.91 Å². The van der Waals surface area contributed by atoms with E-state index in [1.807, 2.05) is 6.07 Å². The number of carbonyl (C=O) groups excluding carboxylic acids is 3. The Hall–Kier alpha value is -5.42. The van der Waals surface area contributed by atoms with Gasteiger partial charge in [0.1, 0.15) is 30.4 Å². The number of hydrogen-bond acceptors (Lipinski definition) is 8. The fourth-order valence-corrected chi connectivity index (χ4v) is 5.00. The van der Waals surface area contributed by atoms with Crippen molar-refractivity contribution < 1.29 is 33.7 Å². The van der Waals surface area contributed by atoms with Crippen LogP contribution in [0.2, 0.25) is 0 Å². The molecule has 0 spiro atoms. The molecule has 0 bridgehead atoms. The number of thioether (sulfide) groups is 1. The zero-order valence-electron chi connectivity index (χ0n) is 23.7. The first-order valence-corrected chi connectivity index (χ1v) is 14.6. The number of anilines is 2. The Kier molecular flexibility index (Phi) is 9.68. The first kappa shape index (κ1) is 30.1. The summed E-state index contributed by atoms with van der Waals surface area (Å²) in [5.41, 5.74) is 1.86. The van der Waals surface area contributed by atoms with Crippen molar-refractivity contribution >= 4 is 46.9 Å². The summed E-state index contributed by atoms with van der Waals surface area (Å²) in [6, 6.07) is 25.2. The Morgan fingerprint density at radius 2 is 1.64 bits per heavy atom. The number of benzene rings is 4. The number of carbonyl (C=O) groups is 3. The summed E-state index contributed by atoms with van der Waals surface area (Å²) in [7, 11) is 1.44. The van der Waals surface area contributed by atoms with Gasteiger partial charge in [0, 0.05) is 39.5 Å². The lowest BCUT2D eigenvalue weighted by atomic mass is 10.1. The molecule has 1 heterocycles. The van der Waals surface area contributed by atoms with E-state index in [1.165, 1.54) is 37.1 Å². The van der Waals surface area contributed by atoms with Crippen LogP contribution in [0.25, 0.3) is 6.08 Å². The second-order valence-corrected chi connectivity index (χ2v) is 10.5. The third kappa shape index (κ3) is 7.90. The summed E-state index contributed by atoms with van der Waals surface area (Å²) in [6.45, 7) is 0.941. The zero-order valence-corrected chi connectivity index (χ0v) is 24.5. The van der Waals surface area contributed by atoms with Gasteiger partial charge in [-0.15, -0.1) is 11.8 Å². The molecule has 0 radical (unpaired) electrons. The van der Waals surface area contributed by atoms with Gasteiger partial charge >= 0.3 is 0 Å². The molecular formula is C33H29N3O7S. The largest absolute Gasteiger partial charge is 0.508 e. The van der Waals surface area contributed by atoms with Crippen molar-refractivity contribution in [2.45, 2.75) is 4.90 Å². The van der Waals surface area contributed by atoms with Gasteiger partial charge in [-0.3, -0.25) is 14.4 Å². The molecule has 4 aromatic rings. The summed E-state index contributed by atoms with van der Waals surface area (Å²) < 4.78 is 16.4. The van der Waals surface area contributed by atoms with Gasteiger partial charge in [-0.25, -0.2) is 0 Å². The summed E-state index contributed by atoms with van der Waals surface area (Å²) in [5, 5.41) is 18.2. The van der Waals surface area contributed by atoms with Crippen molar-refractivity contribution in [3.05, 3.63) is 108 Å². The molecule has 10 nitrogen and oxygen atoms in total. The number of hydrogen-bond donors (Lipinski definition) is 4. The minimum Gasteiger partial charge on any atom is -0.508 e. The maximum atomic E-state index is 13.5. The highest BCUT2D eigenvalue weighted by Gasteiger charge is 2.17. The number of phenols is 1. The van der Waals surface area contributed by atoms with Crippen LogP contribution in [-0.2, 0) is 9.59 Å². The van der Waals surface area contributed by atoms with Crippen LogP contribution >= 0.6 is 11.8 Å². The molecule has 4 N–H and O–H groups in total. The van der Waals surface area contributed by atoms with E-state index in [1.54, 1.807) is 72.8 Å². The minimum absolute atomic E-state index is 0.00683. The van der Waals surface area contributed by atoms with Crippen LogP contribution in [0, 0.1) is 0 Å². The molecule has 0 aliphatic carbocycles. The van der Waals surface area contributed by atoms with Gasteiger partial charge in [-0.05, 0) is 60.7 Å². The van der Waals surface area contributed by atoms with Crippen molar-refractivity contribution in [3.8, 4) is 23.0 Å². The third-order valence-electron chi connectivity index (χ3n) is 6.33. The highest BCUT2D eigenvalue weighted by Crippen LogP contribution is 2.33. The maximum absolute atomic E-state index is 13.5. The smallest absolute Gasteiger partial charge is 0.272 e. The van der Waals surface area contributed by atoms with Gasteiger partial charge in [0.25, 0.3) is 11.8 Å². The number of ether oxygens (including phenoxy) is 3. The number of amides is 3. The summed E-state index contributed by atoms with van der Waals surface area (Å²) >= 11 is 1.30. The molecular weight excluding hydrogens is 582 g/mol. The molecule has 3 amide bonds. The van der Waals surface area contributed by atoms with Crippen LogP contribution in [0.15, 0.2) is 102 Å². The SMILES string of the molecule is COc1cc(O)ccc1/C=C(/NC(=O)c1ccccc1)C(=O)Nc1cccc(SCC(=O)Nc2ccc3c(c2)OCCO3)c1. The fourth-order valence-electron chi connectivity index (χ4n) is 4.25. The molecule has 5 rings (SSSR count). The lowest BCUT2D eigenvalue weighted by molar-refractivity contribution is -0.114. The van der Waals surface area contributed by atoms with Gasteiger partial charge in [0.05, 0.1) is 12.9 Å². The van der Waals surface area contributed by atoms with Crippen molar-refractivity contribution in [2.24, 2.45) is 0 Å². The number of methoxy groups -OCH3 is 1. The van der Waals surface area contributed by atoms with Crippen molar-refractivity contribution in [2.75, 3.05) is 36.7 Å². The van der Waals surface area contributed by atoms with Gasteiger partial charge in [0.15, 0.2) is 11.5 Å².